The summed E-state index contributed by atoms with van der Waals surface area (Å²) in [7, 11) is 0. The number of amides is 3. The van der Waals surface area contributed by atoms with E-state index >= 15 is 0 Å². The van der Waals surface area contributed by atoms with Crippen molar-refractivity contribution in [3.63, 3.8) is 0 Å². The number of nitrogens with zero attached hydrogens (tertiary/aromatic N) is 2. The number of nitrogens with one attached hydrogen (secondary N) is 2. The van der Waals surface area contributed by atoms with E-state index in [9.17, 15) is 14.4 Å². The molecule has 1 aromatic carbocycles. The first-order valence-corrected chi connectivity index (χ1v) is 8.62. The van der Waals surface area contributed by atoms with Gasteiger partial charge in [-0.2, -0.15) is 0 Å². The standard InChI is InChI=1S/C18H22N4O4/c23-16(11-13-12-20-15-4-2-1-3-14(13)15)21-7-9-22(10-8-21)18(26)19-6-5-17(24)25/h1-4,12,20H,5-11H2,(H,19,26)(H,24,25). The molecule has 8 nitrogen and oxygen atoms in total. The molecule has 1 aliphatic rings. The van der Waals surface area contributed by atoms with Gasteiger partial charge in [0.25, 0.3) is 0 Å². The Morgan fingerprint density at radius 2 is 1.77 bits per heavy atom. The van der Waals surface area contributed by atoms with Gasteiger partial charge in [0.05, 0.1) is 12.8 Å². The van der Waals surface area contributed by atoms with E-state index in [-0.39, 0.29) is 24.9 Å². The van der Waals surface area contributed by atoms with Gasteiger partial charge in [0.15, 0.2) is 0 Å². The first-order valence-electron chi connectivity index (χ1n) is 8.62. The van der Waals surface area contributed by atoms with Crippen molar-refractivity contribution in [2.75, 3.05) is 32.7 Å². The second-order valence-corrected chi connectivity index (χ2v) is 6.28. The molecular formula is C18H22N4O4. The number of carbonyl (C=O) groups is 3. The predicted octanol–water partition coefficient (Wildman–Crippen LogP) is 1.04. The van der Waals surface area contributed by atoms with Gasteiger partial charge in [-0.1, -0.05) is 18.2 Å². The molecule has 26 heavy (non-hydrogen) atoms. The van der Waals surface area contributed by atoms with E-state index in [4.69, 9.17) is 5.11 Å². The number of urea groups is 1. The molecule has 8 heteroatoms. The van der Waals surface area contributed by atoms with Crippen molar-refractivity contribution in [3.05, 3.63) is 36.0 Å². The fraction of sp³-hybridized carbons (Fsp3) is 0.389. The molecule has 0 spiro atoms. The van der Waals surface area contributed by atoms with E-state index in [2.05, 4.69) is 10.3 Å². The number of carbonyl (C=O) groups excluding carboxylic acids is 2. The minimum Gasteiger partial charge on any atom is -0.481 e. The van der Waals surface area contributed by atoms with E-state index in [1.165, 1.54) is 0 Å². The van der Waals surface area contributed by atoms with Crippen LogP contribution in [0.1, 0.15) is 12.0 Å². The van der Waals surface area contributed by atoms with Crippen LogP contribution < -0.4 is 5.32 Å². The summed E-state index contributed by atoms with van der Waals surface area (Å²) in [5, 5.41) is 12.2. The number of aromatic amines is 1. The summed E-state index contributed by atoms with van der Waals surface area (Å²) in [6.45, 7) is 1.95. The lowest BCUT2D eigenvalue weighted by atomic mass is 10.1. The second kappa shape index (κ2) is 7.90. The summed E-state index contributed by atoms with van der Waals surface area (Å²) in [6.07, 6.45) is 2.10. The van der Waals surface area contributed by atoms with Gasteiger partial charge >= 0.3 is 12.0 Å². The summed E-state index contributed by atoms with van der Waals surface area (Å²) in [6, 6.07) is 7.59. The van der Waals surface area contributed by atoms with Crippen LogP contribution in [0.4, 0.5) is 4.79 Å². The molecule has 0 unspecified atom stereocenters. The van der Waals surface area contributed by atoms with Crippen LogP contribution in [0.3, 0.4) is 0 Å². The normalized spacial score (nSPS) is 14.5. The van der Waals surface area contributed by atoms with Gasteiger partial charge in [-0.25, -0.2) is 4.79 Å². The number of aromatic nitrogens is 1. The number of fused-ring (bicyclic) bond motifs is 1. The van der Waals surface area contributed by atoms with Crippen LogP contribution in [-0.2, 0) is 16.0 Å². The van der Waals surface area contributed by atoms with E-state index in [0.717, 1.165) is 16.5 Å². The number of hydrogen-bond donors (Lipinski definition) is 3. The van der Waals surface area contributed by atoms with Crippen LogP contribution in [0.5, 0.6) is 0 Å². The van der Waals surface area contributed by atoms with Crippen LogP contribution >= 0.6 is 0 Å². The third kappa shape index (κ3) is 4.14. The van der Waals surface area contributed by atoms with Crippen LogP contribution in [0, 0.1) is 0 Å². The van der Waals surface area contributed by atoms with E-state index in [0.29, 0.717) is 32.6 Å². The number of para-hydroxylation sites is 1. The highest BCUT2D eigenvalue weighted by atomic mass is 16.4. The van der Waals surface area contributed by atoms with Gasteiger partial charge in [0.2, 0.25) is 5.91 Å². The molecule has 0 saturated carbocycles. The number of benzene rings is 1. The number of aliphatic carboxylic acids is 1. The van der Waals surface area contributed by atoms with Crippen LogP contribution in [0.15, 0.2) is 30.5 Å². The number of rotatable bonds is 5. The largest absolute Gasteiger partial charge is 0.481 e. The third-order valence-electron chi connectivity index (χ3n) is 4.55. The molecule has 3 amide bonds. The average molecular weight is 358 g/mol. The number of carboxylic acids is 1. The number of H-pyrrole nitrogens is 1. The Hall–Kier alpha value is -3.03. The van der Waals surface area contributed by atoms with Crippen LogP contribution in [0.2, 0.25) is 0 Å². The fourth-order valence-corrected chi connectivity index (χ4v) is 3.10. The SMILES string of the molecule is O=C(O)CCNC(=O)N1CCN(C(=O)Cc2c[nH]c3ccccc23)CC1. The number of piperazine rings is 1. The van der Waals surface area contributed by atoms with Crippen molar-refractivity contribution in [1.82, 2.24) is 20.1 Å². The van der Waals surface area contributed by atoms with E-state index < -0.39 is 5.97 Å². The predicted molar refractivity (Wildman–Crippen MR) is 95.8 cm³/mol. The molecule has 3 N–H and O–H groups in total. The lowest BCUT2D eigenvalue weighted by Gasteiger charge is -2.34. The average Bonchev–Trinajstić information content (AvgIpc) is 3.04. The van der Waals surface area contributed by atoms with Gasteiger partial charge < -0.3 is 25.2 Å². The Bertz CT molecular complexity index is 808. The van der Waals surface area contributed by atoms with Crippen molar-refractivity contribution >= 4 is 28.8 Å². The zero-order chi connectivity index (χ0) is 18.5. The van der Waals surface area contributed by atoms with Crippen molar-refractivity contribution in [2.24, 2.45) is 0 Å². The quantitative estimate of drug-likeness (QED) is 0.742. The molecule has 1 aromatic heterocycles. The topological polar surface area (TPSA) is 106 Å². The molecule has 0 atom stereocenters. The van der Waals surface area contributed by atoms with Crippen molar-refractivity contribution in [3.8, 4) is 0 Å². The van der Waals surface area contributed by atoms with Crippen LogP contribution in [-0.4, -0.2) is 70.5 Å². The highest BCUT2D eigenvalue weighted by molar-refractivity contribution is 5.89. The second-order valence-electron chi connectivity index (χ2n) is 6.28. The minimum absolute atomic E-state index is 0.0423. The molecule has 1 saturated heterocycles. The fourth-order valence-electron chi connectivity index (χ4n) is 3.10. The van der Waals surface area contributed by atoms with Gasteiger partial charge in [0.1, 0.15) is 0 Å². The molecular weight excluding hydrogens is 336 g/mol. The summed E-state index contributed by atoms with van der Waals surface area (Å²) >= 11 is 0. The van der Waals surface area contributed by atoms with Crippen molar-refractivity contribution in [2.45, 2.75) is 12.8 Å². The van der Waals surface area contributed by atoms with Gasteiger partial charge in [-0.3, -0.25) is 9.59 Å². The first kappa shape index (κ1) is 17.8. The molecule has 138 valence electrons. The molecule has 3 rings (SSSR count). The molecule has 2 aromatic rings. The van der Waals surface area contributed by atoms with Crippen molar-refractivity contribution < 1.29 is 19.5 Å². The summed E-state index contributed by atoms with van der Waals surface area (Å²) in [4.78, 5) is 41.6. The summed E-state index contributed by atoms with van der Waals surface area (Å²) in [5.41, 5.74) is 1.98. The first-order chi connectivity index (χ1) is 12.5. The summed E-state index contributed by atoms with van der Waals surface area (Å²) in [5.74, 6) is -0.904. The monoisotopic (exact) mass is 358 g/mol. The third-order valence-corrected chi connectivity index (χ3v) is 4.55. The Kier molecular flexibility index (Phi) is 5.40. The van der Waals surface area contributed by atoms with Gasteiger partial charge in [-0.05, 0) is 11.6 Å². The molecule has 0 bridgehead atoms. The minimum atomic E-state index is -0.946. The highest BCUT2D eigenvalue weighted by Crippen LogP contribution is 2.19. The zero-order valence-corrected chi connectivity index (χ0v) is 14.4. The number of carboxylic acid groups (broad SMARTS) is 1. The molecule has 1 aliphatic heterocycles. The highest BCUT2D eigenvalue weighted by Gasteiger charge is 2.24. The molecule has 0 radical (unpaired) electrons. The molecule has 1 fully saturated rings. The zero-order valence-electron chi connectivity index (χ0n) is 14.4. The Morgan fingerprint density at radius 3 is 2.50 bits per heavy atom. The lowest BCUT2D eigenvalue weighted by molar-refractivity contribution is -0.137. The van der Waals surface area contributed by atoms with E-state index in [1.807, 2.05) is 30.5 Å². The Morgan fingerprint density at radius 1 is 1.08 bits per heavy atom. The maximum Gasteiger partial charge on any atom is 0.317 e. The van der Waals surface area contributed by atoms with Crippen molar-refractivity contribution in [1.29, 1.82) is 0 Å². The maximum atomic E-state index is 12.6. The number of hydrogen-bond acceptors (Lipinski definition) is 3. The molecule has 2 heterocycles. The lowest BCUT2D eigenvalue weighted by Crippen LogP contribution is -2.53. The van der Waals surface area contributed by atoms with Gasteiger partial charge in [0, 0.05) is 49.8 Å². The van der Waals surface area contributed by atoms with E-state index in [1.54, 1.807) is 9.80 Å². The Labute approximate surface area is 150 Å². The summed E-state index contributed by atoms with van der Waals surface area (Å²) < 4.78 is 0. The maximum absolute atomic E-state index is 12.6. The van der Waals surface area contributed by atoms with Crippen LogP contribution in [0.25, 0.3) is 10.9 Å². The smallest absolute Gasteiger partial charge is 0.317 e. The van der Waals surface area contributed by atoms with Gasteiger partial charge in [-0.15, -0.1) is 0 Å². The Balaban J connectivity index is 1.49. The molecule has 0 aliphatic carbocycles.